The number of carbonyl (C=O) groups excluding carboxylic acids is 1. The molecule has 2 rings (SSSR count). The van der Waals surface area contributed by atoms with Gasteiger partial charge in [-0.25, -0.2) is 0 Å². The van der Waals surface area contributed by atoms with Gasteiger partial charge in [0.2, 0.25) is 0 Å². The first-order chi connectivity index (χ1) is 5.88. The van der Waals surface area contributed by atoms with Gasteiger partial charge in [-0.15, -0.1) is 0 Å². The van der Waals surface area contributed by atoms with E-state index >= 15 is 0 Å². The predicted octanol–water partition coefficient (Wildman–Crippen LogP) is 2.10. The van der Waals surface area contributed by atoms with Crippen LogP contribution in [-0.4, -0.2) is 5.78 Å². The number of ketones is 1. The van der Waals surface area contributed by atoms with Crippen LogP contribution in [-0.2, 0) is 0 Å². The van der Waals surface area contributed by atoms with Gasteiger partial charge >= 0.3 is 0 Å². The Balaban J connectivity index is 2.34. The van der Waals surface area contributed by atoms with Crippen molar-refractivity contribution in [3.05, 3.63) is 48.3 Å². The number of carbonyl (C=O) groups is 1. The normalized spacial score (nSPS) is 10.0. The van der Waals surface area contributed by atoms with Gasteiger partial charge in [-0.1, -0.05) is 0 Å². The molecule has 3 heteroatoms. The fourth-order valence-corrected chi connectivity index (χ4v) is 0.954. The Hall–Kier alpha value is -1.77. The third-order valence-corrected chi connectivity index (χ3v) is 1.57. The van der Waals surface area contributed by atoms with E-state index in [1.165, 1.54) is 25.1 Å². The highest BCUT2D eigenvalue weighted by Crippen LogP contribution is 2.09. The lowest BCUT2D eigenvalue weighted by Gasteiger charge is -1.88. The molecule has 0 aromatic carbocycles. The monoisotopic (exact) mass is 162 g/mol. The van der Waals surface area contributed by atoms with Gasteiger partial charge < -0.3 is 8.83 Å². The Morgan fingerprint density at radius 2 is 1.50 bits per heavy atom. The fourth-order valence-electron chi connectivity index (χ4n) is 0.954. The maximum Gasteiger partial charge on any atom is 0.199 e. The quantitative estimate of drug-likeness (QED) is 0.635. The van der Waals surface area contributed by atoms with E-state index in [4.69, 9.17) is 8.83 Å². The zero-order valence-corrected chi connectivity index (χ0v) is 6.19. The first kappa shape index (κ1) is 6.91. The lowest BCUT2D eigenvalue weighted by Crippen LogP contribution is -1.96. The summed E-state index contributed by atoms with van der Waals surface area (Å²) >= 11 is 0. The minimum atomic E-state index is -0.0856. The molecule has 0 amide bonds. The molecular weight excluding hydrogens is 156 g/mol. The molecule has 0 unspecified atom stereocenters. The van der Waals surface area contributed by atoms with E-state index in [-0.39, 0.29) is 5.78 Å². The summed E-state index contributed by atoms with van der Waals surface area (Å²) in [5.41, 5.74) is 1.08. The minimum absolute atomic E-state index is 0.0856. The van der Waals surface area contributed by atoms with Crippen molar-refractivity contribution in [1.82, 2.24) is 0 Å². The molecule has 0 aliphatic heterocycles. The third kappa shape index (κ3) is 1.05. The first-order valence-corrected chi connectivity index (χ1v) is 3.47. The molecule has 3 nitrogen and oxygen atoms in total. The van der Waals surface area contributed by atoms with E-state index in [0.717, 1.165) is 0 Å². The molecule has 12 heavy (non-hydrogen) atoms. The van der Waals surface area contributed by atoms with Crippen LogP contribution in [0.5, 0.6) is 0 Å². The molecule has 0 N–H and O–H groups in total. The Bertz CT molecular complexity index is 320. The van der Waals surface area contributed by atoms with Crippen molar-refractivity contribution >= 4 is 5.78 Å². The molecule has 0 saturated carbocycles. The maximum atomic E-state index is 11.4. The second kappa shape index (κ2) is 2.70. The largest absolute Gasteiger partial charge is 0.472 e. The highest BCUT2D eigenvalue weighted by atomic mass is 16.3. The van der Waals surface area contributed by atoms with Crippen molar-refractivity contribution < 1.29 is 13.6 Å². The van der Waals surface area contributed by atoms with E-state index in [9.17, 15) is 4.79 Å². The predicted molar refractivity (Wildman–Crippen MR) is 40.8 cm³/mol. The van der Waals surface area contributed by atoms with Gasteiger partial charge in [-0.05, 0) is 12.1 Å². The van der Waals surface area contributed by atoms with Crippen LogP contribution in [0.2, 0.25) is 0 Å². The summed E-state index contributed by atoms with van der Waals surface area (Å²) in [5.74, 6) is -0.0856. The summed E-state index contributed by atoms with van der Waals surface area (Å²) in [4.78, 5) is 11.4. The second-order valence-corrected chi connectivity index (χ2v) is 2.35. The number of rotatable bonds is 2. The number of hydrogen-bond donors (Lipinski definition) is 0. The molecule has 0 saturated heterocycles. The molecule has 0 atom stereocenters. The molecule has 0 fully saturated rings. The molecule has 0 radical (unpaired) electrons. The van der Waals surface area contributed by atoms with Gasteiger partial charge in [0, 0.05) is 0 Å². The van der Waals surface area contributed by atoms with Gasteiger partial charge in [0.1, 0.15) is 12.5 Å². The second-order valence-electron chi connectivity index (χ2n) is 2.35. The van der Waals surface area contributed by atoms with Crippen LogP contribution in [0.25, 0.3) is 0 Å². The average molecular weight is 162 g/mol. The molecule has 0 spiro atoms. The van der Waals surface area contributed by atoms with Crippen LogP contribution in [0.15, 0.2) is 46.0 Å². The lowest BCUT2D eigenvalue weighted by molar-refractivity contribution is 0.103. The molecule has 0 aliphatic rings. The SMILES string of the molecule is O=C(c1ccoc1)c1ccoc1. The van der Waals surface area contributed by atoms with Crippen LogP contribution < -0.4 is 0 Å². The zero-order valence-electron chi connectivity index (χ0n) is 6.19. The van der Waals surface area contributed by atoms with Gasteiger partial charge in [-0.2, -0.15) is 0 Å². The van der Waals surface area contributed by atoms with Crippen LogP contribution >= 0.6 is 0 Å². The van der Waals surface area contributed by atoms with Crippen molar-refractivity contribution in [3.8, 4) is 0 Å². The van der Waals surface area contributed by atoms with Crippen LogP contribution in [0, 0.1) is 0 Å². The first-order valence-electron chi connectivity index (χ1n) is 3.47. The van der Waals surface area contributed by atoms with Crippen LogP contribution in [0.1, 0.15) is 15.9 Å². The molecule has 60 valence electrons. The third-order valence-electron chi connectivity index (χ3n) is 1.57. The van der Waals surface area contributed by atoms with E-state index in [0.29, 0.717) is 11.1 Å². The maximum absolute atomic E-state index is 11.4. The van der Waals surface area contributed by atoms with E-state index in [1.54, 1.807) is 12.1 Å². The summed E-state index contributed by atoms with van der Waals surface area (Å²) in [6.45, 7) is 0. The van der Waals surface area contributed by atoms with Crippen molar-refractivity contribution in [2.75, 3.05) is 0 Å². The standard InChI is InChI=1S/C9H6O3/c10-9(7-1-3-11-5-7)8-2-4-12-6-8/h1-6H. The van der Waals surface area contributed by atoms with Crippen LogP contribution in [0.3, 0.4) is 0 Å². The van der Waals surface area contributed by atoms with E-state index in [1.807, 2.05) is 0 Å². The average Bonchev–Trinajstić information content (AvgIpc) is 2.77. The molecular formula is C9H6O3. The summed E-state index contributed by atoms with van der Waals surface area (Å²) < 4.78 is 9.56. The van der Waals surface area contributed by atoms with Crippen molar-refractivity contribution in [2.24, 2.45) is 0 Å². The molecule has 2 aromatic heterocycles. The molecule has 0 bridgehead atoms. The summed E-state index contributed by atoms with van der Waals surface area (Å²) in [7, 11) is 0. The summed E-state index contributed by atoms with van der Waals surface area (Å²) in [5, 5.41) is 0. The van der Waals surface area contributed by atoms with Crippen LogP contribution in [0.4, 0.5) is 0 Å². The summed E-state index contributed by atoms with van der Waals surface area (Å²) in [6, 6.07) is 3.24. The molecule has 2 aromatic rings. The Kier molecular flexibility index (Phi) is 1.55. The van der Waals surface area contributed by atoms with Gasteiger partial charge in [0.15, 0.2) is 5.78 Å². The number of furan rings is 2. The Morgan fingerprint density at radius 1 is 1.00 bits per heavy atom. The zero-order chi connectivity index (χ0) is 8.39. The topological polar surface area (TPSA) is 43.4 Å². The fraction of sp³-hybridized carbons (Fsp3) is 0. The minimum Gasteiger partial charge on any atom is -0.472 e. The highest BCUT2D eigenvalue weighted by Gasteiger charge is 2.10. The molecule has 0 aliphatic carbocycles. The lowest BCUT2D eigenvalue weighted by atomic mass is 10.1. The van der Waals surface area contributed by atoms with Gasteiger partial charge in [0.05, 0.1) is 23.7 Å². The van der Waals surface area contributed by atoms with E-state index in [2.05, 4.69) is 0 Å². The van der Waals surface area contributed by atoms with Crippen molar-refractivity contribution in [1.29, 1.82) is 0 Å². The highest BCUT2D eigenvalue weighted by molar-refractivity contribution is 6.08. The smallest absolute Gasteiger partial charge is 0.199 e. The Labute approximate surface area is 68.6 Å². The number of hydrogen-bond acceptors (Lipinski definition) is 3. The van der Waals surface area contributed by atoms with Crippen molar-refractivity contribution in [3.63, 3.8) is 0 Å². The van der Waals surface area contributed by atoms with E-state index < -0.39 is 0 Å². The Morgan fingerprint density at radius 3 is 1.83 bits per heavy atom. The van der Waals surface area contributed by atoms with Crippen molar-refractivity contribution in [2.45, 2.75) is 0 Å². The van der Waals surface area contributed by atoms with Gasteiger partial charge in [-0.3, -0.25) is 4.79 Å². The molecule has 2 heterocycles. The summed E-state index contributed by atoms with van der Waals surface area (Å²) in [6.07, 6.45) is 5.76. The van der Waals surface area contributed by atoms with Gasteiger partial charge in [0.25, 0.3) is 0 Å².